The van der Waals surface area contributed by atoms with Crippen LogP contribution in [0, 0.1) is 19.8 Å². The summed E-state index contributed by atoms with van der Waals surface area (Å²) >= 11 is 7.65. The molecule has 0 aliphatic carbocycles. The molecule has 0 fully saturated rings. The van der Waals surface area contributed by atoms with Crippen molar-refractivity contribution in [1.29, 1.82) is 0 Å². The SMILES string of the molecule is CCC/C(C)=N\N=C(/C)C(CC(=O)OC)N=C(c1ccc(Cl)cc1)c1c(C)sc(C(=O)NCCCCCOc2cccc(C(=O)[C@H](C)CC)c2C(C)=O)c1C. The zero-order chi connectivity index (χ0) is 40.7. The number of ketones is 2. The van der Waals surface area contributed by atoms with Crippen LogP contribution in [-0.4, -0.2) is 66.9 Å². The summed E-state index contributed by atoms with van der Waals surface area (Å²) in [7, 11) is 1.34. The quantitative estimate of drug-likeness (QED) is 0.0375. The lowest BCUT2D eigenvalue weighted by Crippen LogP contribution is -2.25. The van der Waals surface area contributed by atoms with Gasteiger partial charge < -0.3 is 14.8 Å². The molecule has 3 aromatic rings. The number of hydrogen-bond donors (Lipinski definition) is 1. The lowest BCUT2D eigenvalue weighted by molar-refractivity contribution is -0.140. The highest BCUT2D eigenvalue weighted by molar-refractivity contribution is 7.14. The Hall–Kier alpha value is -4.48. The molecule has 0 bridgehead atoms. The fourth-order valence-corrected chi connectivity index (χ4v) is 7.18. The molecule has 2 atom stereocenters. The first kappa shape index (κ1) is 44.9. The van der Waals surface area contributed by atoms with E-state index in [0.717, 1.165) is 53.0 Å². The Bertz CT molecular complexity index is 1910. The number of esters is 1. The van der Waals surface area contributed by atoms with Crippen LogP contribution in [0.4, 0.5) is 0 Å². The van der Waals surface area contributed by atoms with Crippen molar-refractivity contribution in [2.24, 2.45) is 21.1 Å². The first-order valence-electron chi connectivity index (χ1n) is 18.9. The van der Waals surface area contributed by atoms with E-state index in [1.54, 1.807) is 37.3 Å². The van der Waals surface area contributed by atoms with E-state index in [-0.39, 0.29) is 29.8 Å². The van der Waals surface area contributed by atoms with Crippen LogP contribution in [0.3, 0.4) is 0 Å². The molecule has 0 aliphatic rings. The zero-order valence-electron chi connectivity index (χ0n) is 33.6. The summed E-state index contributed by atoms with van der Waals surface area (Å²) in [5.41, 5.74) is 5.16. The van der Waals surface area contributed by atoms with Crippen LogP contribution >= 0.6 is 22.9 Å². The standard InChI is InChI=1S/C43H55ClN4O6S/c1-10-16-27(4)47-48-29(6)35(25-37(50)53-9)46-40(32-19-21-33(44)22-20-32)38-28(5)42(55-31(38)8)43(52)45-23-13-12-14-24-54-36-18-15-17-34(39(36)30(7)49)41(51)26(3)11-2/h15,17-22,26,35H,10-14,16,23-25H2,1-9H3,(H,45,52)/b46-40?,47-27-,48-29+/t26-,35?/m1/s1. The molecule has 296 valence electrons. The van der Waals surface area contributed by atoms with Crippen LogP contribution in [0.5, 0.6) is 5.75 Å². The molecule has 2 aromatic carbocycles. The lowest BCUT2D eigenvalue weighted by Gasteiger charge is -2.16. The molecule has 0 spiro atoms. The van der Waals surface area contributed by atoms with Crippen LogP contribution in [0.2, 0.25) is 5.02 Å². The number of methoxy groups -OCH3 is 1. The third-order valence-electron chi connectivity index (χ3n) is 9.30. The molecule has 10 nitrogen and oxygen atoms in total. The van der Waals surface area contributed by atoms with Gasteiger partial charge in [0.1, 0.15) is 11.8 Å². The predicted molar refractivity (Wildman–Crippen MR) is 224 cm³/mol. The number of hydrogen-bond acceptors (Lipinski definition) is 10. The average Bonchev–Trinajstić information content (AvgIpc) is 3.47. The highest BCUT2D eigenvalue weighted by Gasteiger charge is 2.26. The smallest absolute Gasteiger partial charge is 0.308 e. The van der Waals surface area contributed by atoms with Gasteiger partial charge in [-0.1, -0.05) is 63.1 Å². The summed E-state index contributed by atoms with van der Waals surface area (Å²) in [5, 5.41) is 12.4. The van der Waals surface area contributed by atoms with Crippen molar-refractivity contribution in [3.05, 3.63) is 85.1 Å². The maximum atomic E-state index is 13.5. The number of nitrogens with one attached hydrogen (secondary N) is 1. The summed E-state index contributed by atoms with van der Waals surface area (Å²) in [4.78, 5) is 58.1. The Morgan fingerprint density at radius 3 is 2.27 bits per heavy atom. The molecular formula is C43H55ClN4O6S. The van der Waals surface area contributed by atoms with E-state index in [1.807, 2.05) is 46.8 Å². The van der Waals surface area contributed by atoms with E-state index in [1.165, 1.54) is 25.4 Å². The number of Topliss-reactive ketones (excluding diaryl/α,β-unsaturated/α-hetero) is 2. The van der Waals surface area contributed by atoms with Crippen molar-refractivity contribution in [1.82, 2.24) is 5.32 Å². The monoisotopic (exact) mass is 790 g/mol. The number of carbonyl (C=O) groups excluding carboxylic acids is 4. The van der Waals surface area contributed by atoms with Gasteiger partial charge >= 0.3 is 5.97 Å². The molecule has 1 unspecified atom stereocenters. The van der Waals surface area contributed by atoms with Gasteiger partial charge in [0.25, 0.3) is 5.91 Å². The van der Waals surface area contributed by atoms with Gasteiger partial charge in [-0.15, -0.1) is 11.3 Å². The third kappa shape index (κ3) is 12.8. The van der Waals surface area contributed by atoms with Crippen molar-refractivity contribution in [3.63, 3.8) is 0 Å². The molecule has 0 saturated carbocycles. The van der Waals surface area contributed by atoms with Gasteiger partial charge in [-0.05, 0) is 90.5 Å². The highest BCUT2D eigenvalue weighted by atomic mass is 35.5. The van der Waals surface area contributed by atoms with Crippen LogP contribution in [0.15, 0.2) is 57.7 Å². The van der Waals surface area contributed by atoms with Gasteiger partial charge in [0.05, 0.1) is 42.0 Å². The van der Waals surface area contributed by atoms with E-state index in [4.69, 9.17) is 26.1 Å². The fraction of sp³-hybridized carbons (Fsp3) is 0.465. The second-order valence-corrected chi connectivity index (χ2v) is 15.3. The fourth-order valence-electron chi connectivity index (χ4n) is 5.98. The zero-order valence-corrected chi connectivity index (χ0v) is 35.2. The van der Waals surface area contributed by atoms with E-state index >= 15 is 0 Å². The summed E-state index contributed by atoms with van der Waals surface area (Å²) in [5.74, 6) is -0.632. The maximum Gasteiger partial charge on any atom is 0.308 e. The summed E-state index contributed by atoms with van der Waals surface area (Å²) < 4.78 is 11.0. The molecule has 1 heterocycles. The number of benzene rings is 2. The number of thiophene rings is 1. The minimum atomic E-state index is -0.665. The molecule has 12 heteroatoms. The van der Waals surface area contributed by atoms with E-state index < -0.39 is 12.0 Å². The highest BCUT2D eigenvalue weighted by Crippen LogP contribution is 2.31. The topological polar surface area (TPSA) is 136 Å². The number of nitrogens with zero attached hydrogens (tertiary/aromatic N) is 3. The molecule has 1 N–H and O–H groups in total. The number of unbranched alkanes of at least 4 members (excludes halogenated alkanes) is 2. The van der Waals surface area contributed by atoms with Gasteiger partial charge in [0, 0.05) is 44.8 Å². The molecule has 0 saturated heterocycles. The van der Waals surface area contributed by atoms with E-state index in [0.29, 0.717) is 64.2 Å². The molecule has 0 radical (unpaired) electrons. The molecule has 3 rings (SSSR count). The number of halogens is 1. The predicted octanol–water partition coefficient (Wildman–Crippen LogP) is 9.83. The van der Waals surface area contributed by atoms with Gasteiger partial charge in [-0.2, -0.15) is 10.2 Å². The number of aryl methyl sites for hydroxylation is 1. The van der Waals surface area contributed by atoms with Gasteiger partial charge in [0.15, 0.2) is 11.6 Å². The minimum Gasteiger partial charge on any atom is -0.493 e. The second-order valence-electron chi connectivity index (χ2n) is 13.7. The first-order chi connectivity index (χ1) is 26.2. The number of carbonyl (C=O) groups is 4. The Labute approximate surface area is 334 Å². The Morgan fingerprint density at radius 2 is 1.64 bits per heavy atom. The van der Waals surface area contributed by atoms with Gasteiger partial charge in [-0.25, -0.2) is 0 Å². The first-order valence-corrected chi connectivity index (χ1v) is 20.1. The summed E-state index contributed by atoms with van der Waals surface area (Å²) in [6.45, 7) is 15.8. The van der Waals surface area contributed by atoms with Crippen LogP contribution < -0.4 is 10.1 Å². The van der Waals surface area contributed by atoms with Crippen molar-refractivity contribution in [2.45, 2.75) is 106 Å². The largest absolute Gasteiger partial charge is 0.493 e. The third-order valence-corrected chi connectivity index (χ3v) is 10.8. The molecular weight excluding hydrogens is 736 g/mol. The van der Waals surface area contributed by atoms with E-state index in [2.05, 4.69) is 22.4 Å². The number of rotatable bonds is 21. The number of amides is 1. The lowest BCUT2D eigenvalue weighted by atomic mass is 9.92. The number of ether oxygens (including phenoxy) is 2. The Kier molecular flexibility index (Phi) is 18.1. The minimum absolute atomic E-state index is 0.0337. The normalized spacial score (nSPS) is 13.3. The maximum absolute atomic E-state index is 13.5. The van der Waals surface area contributed by atoms with Crippen molar-refractivity contribution >= 4 is 63.5 Å². The second kappa shape index (κ2) is 22.2. The molecule has 0 aliphatic heterocycles. The van der Waals surface area contributed by atoms with Crippen LogP contribution in [0.25, 0.3) is 0 Å². The van der Waals surface area contributed by atoms with Crippen molar-refractivity contribution in [2.75, 3.05) is 20.3 Å². The van der Waals surface area contributed by atoms with Gasteiger partial charge in [-0.3, -0.25) is 24.2 Å². The molecule has 55 heavy (non-hydrogen) atoms. The van der Waals surface area contributed by atoms with E-state index in [9.17, 15) is 19.2 Å². The molecule has 1 aromatic heterocycles. The van der Waals surface area contributed by atoms with Crippen LogP contribution in [0.1, 0.15) is 138 Å². The number of aliphatic imine (C=N–C) groups is 1. The Balaban J connectivity index is 1.77. The van der Waals surface area contributed by atoms with Crippen LogP contribution in [-0.2, 0) is 9.53 Å². The average molecular weight is 791 g/mol. The summed E-state index contributed by atoms with van der Waals surface area (Å²) in [6.07, 6.45) is 4.62. The Morgan fingerprint density at radius 1 is 0.927 bits per heavy atom. The molecule has 1 amide bonds. The van der Waals surface area contributed by atoms with Crippen molar-refractivity contribution in [3.8, 4) is 5.75 Å². The summed E-state index contributed by atoms with van der Waals surface area (Å²) in [6, 6.07) is 11.8. The van der Waals surface area contributed by atoms with Gasteiger partial charge in [0.2, 0.25) is 0 Å². The van der Waals surface area contributed by atoms with Crippen molar-refractivity contribution < 1.29 is 28.7 Å².